The molecule has 0 saturated carbocycles. The fourth-order valence-electron chi connectivity index (χ4n) is 2.59. The summed E-state index contributed by atoms with van der Waals surface area (Å²) in [7, 11) is 0. The third-order valence-corrected chi connectivity index (χ3v) is 4.02. The van der Waals surface area contributed by atoms with Gasteiger partial charge in [-0.1, -0.05) is 54.1 Å². The summed E-state index contributed by atoms with van der Waals surface area (Å²) in [4.78, 5) is 4.54. The highest BCUT2D eigenvalue weighted by atomic mass is 35.5. The maximum absolute atomic E-state index is 6.00. The fourth-order valence-corrected chi connectivity index (χ4v) is 2.81. The molecule has 1 N–H and O–H groups in total. The number of aromatic nitrogens is 3. The minimum absolute atomic E-state index is 0.597. The van der Waals surface area contributed by atoms with E-state index < -0.39 is 0 Å². The summed E-state index contributed by atoms with van der Waals surface area (Å²) in [5.41, 5.74) is 4.18. The van der Waals surface area contributed by atoms with Gasteiger partial charge in [-0.3, -0.25) is 0 Å². The summed E-state index contributed by atoms with van der Waals surface area (Å²) in [6, 6.07) is 22.0. The first-order chi connectivity index (χ1) is 11.8. The predicted octanol–water partition coefficient (Wildman–Crippen LogP) is 4.66. The van der Waals surface area contributed by atoms with Gasteiger partial charge in [-0.2, -0.15) is 4.98 Å². The average Bonchev–Trinajstić information content (AvgIpc) is 3.03. The van der Waals surface area contributed by atoms with Crippen molar-refractivity contribution < 1.29 is 0 Å². The first-order valence-electron chi connectivity index (χ1n) is 7.68. The molecule has 4 aromatic rings. The van der Waals surface area contributed by atoms with Crippen molar-refractivity contribution in [2.45, 2.75) is 6.54 Å². The number of hydrogen-bond acceptors (Lipinski definition) is 3. The molecule has 4 rings (SSSR count). The summed E-state index contributed by atoms with van der Waals surface area (Å²) >= 11 is 6.00. The molecular formula is C19H15ClN4. The van der Waals surface area contributed by atoms with Crippen LogP contribution in [-0.2, 0) is 6.54 Å². The highest BCUT2D eigenvalue weighted by Crippen LogP contribution is 2.20. The van der Waals surface area contributed by atoms with E-state index in [2.05, 4.69) is 27.5 Å². The van der Waals surface area contributed by atoms with E-state index in [9.17, 15) is 0 Å². The molecule has 0 fully saturated rings. The Labute approximate surface area is 144 Å². The van der Waals surface area contributed by atoms with Crippen LogP contribution >= 0.6 is 11.6 Å². The second kappa shape index (κ2) is 6.34. The van der Waals surface area contributed by atoms with Crippen molar-refractivity contribution in [3.63, 3.8) is 0 Å². The Morgan fingerprint density at radius 1 is 0.917 bits per heavy atom. The van der Waals surface area contributed by atoms with E-state index >= 15 is 0 Å². The maximum atomic E-state index is 6.00. The van der Waals surface area contributed by atoms with Crippen LogP contribution in [0.2, 0.25) is 5.02 Å². The van der Waals surface area contributed by atoms with Gasteiger partial charge in [-0.05, 0) is 41.0 Å². The van der Waals surface area contributed by atoms with Crippen molar-refractivity contribution in [1.82, 2.24) is 14.6 Å². The summed E-state index contributed by atoms with van der Waals surface area (Å²) in [6.45, 7) is 0.628. The smallest absolute Gasteiger partial charge is 0.243 e. The molecule has 5 heteroatoms. The third kappa shape index (κ3) is 3.09. The number of pyridine rings is 1. The van der Waals surface area contributed by atoms with Gasteiger partial charge in [0.2, 0.25) is 5.95 Å². The molecule has 0 spiro atoms. The lowest BCUT2D eigenvalue weighted by molar-refractivity contribution is 0.951. The average molecular weight is 335 g/mol. The molecule has 0 bridgehead atoms. The van der Waals surface area contributed by atoms with Crippen LogP contribution in [0.15, 0.2) is 72.9 Å². The van der Waals surface area contributed by atoms with Crippen molar-refractivity contribution >= 4 is 23.2 Å². The number of halogens is 1. The Bertz CT molecular complexity index is 979. The van der Waals surface area contributed by atoms with Gasteiger partial charge in [-0.15, -0.1) is 5.10 Å². The van der Waals surface area contributed by atoms with Crippen molar-refractivity contribution in [3.8, 4) is 11.1 Å². The van der Waals surface area contributed by atoms with E-state index in [0.717, 1.165) is 27.4 Å². The van der Waals surface area contributed by atoms with Gasteiger partial charge in [0.25, 0.3) is 0 Å². The molecule has 0 aliphatic heterocycles. The lowest BCUT2D eigenvalue weighted by Gasteiger charge is -2.01. The van der Waals surface area contributed by atoms with Crippen molar-refractivity contribution in [1.29, 1.82) is 0 Å². The lowest BCUT2D eigenvalue weighted by Crippen LogP contribution is -2.01. The first-order valence-corrected chi connectivity index (χ1v) is 8.06. The van der Waals surface area contributed by atoms with Crippen LogP contribution in [0.25, 0.3) is 16.8 Å². The zero-order chi connectivity index (χ0) is 16.4. The van der Waals surface area contributed by atoms with Gasteiger partial charge in [0, 0.05) is 17.8 Å². The zero-order valence-electron chi connectivity index (χ0n) is 12.9. The standard InChI is InChI=1S/C19H15ClN4/c20-17-8-4-5-14(11-17)13-21-19-22-18-12-16(9-10-24(18)23-19)15-6-2-1-3-7-15/h1-12H,13H2,(H,21,23). The molecule has 0 radical (unpaired) electrons. The molecule has 0 saturated heterocycles. The molecular weight excluding hydrogens is 320 g/mol. The van der Waals surface area contributed by atoms with E-state index in [1.54, 1.807) is 4.52 Å². The Hall–Kier alpha value is -2.85. The van der Waals surface area contributed by atoms with Crippen molar-refractivity contribution in [3.05, 3.63) is 83.5 Å². The molecule has 2 heterocycles. The van der Waals surface area contributed by atoms with Gasteiger partial charge in [0.05, 0.1) is 0 Å². The molecule has 0 atom stereocenters. The molecule has 0 amide bonds. The molecule has 0 aliphatic rings. The van der Waals surface area contributed by atoms with Gasteiger partial charge in [0.15, 0.2) is 5.65 Å². The number of nitrogens with zero attached hydrogens (tertiary/aromatic N) is 3. The highest BCUT2D eigenvalue weighted by Gasteiger charge is 2.05. The Kier molecular flexibility index (Phi) is 3.89. The number of rotatable bonds is 4. The fraction of sp³-hybridized carbons (Fsp3) is 0.0526. The quantitative estimate of drug-likeness (QED) is 0.590. The topological polar surface area (TPSA) is 42.2 Å². The van der Waals surface area contributed by atoms with Crippen molar-refractivity contribution in [2.75, 3.05) is 5.32 Å². The minimum Gasteiger partial charge on any atom is -0.349 e. The molecule has 2 aromatic heterocycles. The van der Waals surface area contributed by atoms with Crippen LogP contribution < -0.4 is 5.32 Å². The van der Waals surface area contributed by atoms with E-state index in [1.165, 1.54) is 0 Å². The van der Waals surface area contributed by atoms with Gasteiger partial charge in [0.1, 0.15) is 0 Å². The number of nitrogens with one attached hydrogen (secondary N) is 1. The number of anilines is 1. The van der Waals surface area contributed by atoms with Crippen molar-refractivity contribution in [2.24, 2.45) is 0 Å². The second-order valence-corrected chi connectivity index (χ2v) is 5.94. The summed E-state index contributed by atoms with van der Waals surface area (Å²) in [6.07, 6.45) is 1.93. The van der Waals surface area contributed by atoms with Crippen LogP contribution in [0.1, 0.15) is 5.56 Å². The number of benzene rings is 2. The normalized spacial score (nSPS) is 10.9. The Morgan fingerprint density at radius 3 is 2.62 bits per heavy atom. The Morgan fingerprint density at radius 2 is 1.79 bits per heavy atom. The molecule has 118 valence electrons. The van der Waals surface area contributed by atoms with Gasteiger partial charge >= 0.3 is 0 Å². The molecule has 2 aromatic carbocycles. The van der Waals surface area contributed by atoms with Crippen LogP contribution in [0.3, 0.4) is 0 Å². The second-order valence-electron chi connectivity index (χ2n) is 5.50. The predicted molar refractivity (Wildman–Crippen MR) is 97.2 cm³/mol. The number of hydrogen-bond donors (Lipinski definition) is 1. The largest absolute Gasteiger partial charge is 0.349 e. The summed E-state index contributed by atoms with van der Waals surface area (Å²) in [5.74, 6) is 0.597. The van der Waals surface area contributed by atoms with Gasteiger partial charge < -0.3 is 5.32 Å². The van der Waals surface area contributed by atoms with Crippen LogP contribution in [0.4, 0.5) is 5.95 Å². The highest BCUT2D eigenvalue weighted by molar-refractivity contribution is 6.30. The minimum atomic E-state index is 0.597. The van der Waals surface area contributed by atoms with E-state index in [-0.39, 0.29) is 0 Å². The van der Waals surface area contributed by atoms with Crippen LogP contribution in [0, 0.1) is 0 Å². The summed E-state index contributed by atoms with van der Waals surface area (Å²) < 4.78 is 1.77. The van der Waals surface area contributed by atoms with E-state index in [1.807, 2.05) is 60.8 Å². The monoisotopic (exact) mass is 334 g/mol. The SMILES string of the molecule is Clc1cccc(CNc2nc3cc(-c4ccccc4)ccn3n2)c1. The summed E-state index contributed by atoms with van der Waals surface area (Å²) in [5, 5.41) is 8.41. The zero-order valence-corrected chi connectivity index (χ0v) is 13.6. The first kappa shape index (κ1) is 14.7. The molecule has 24 heavy (non-hydrogen) atoms. The Balaban J connectivity index is 1.57. The van der Waals surface area contributed by atoms with Gasteiger partial charge in [-0.25, -0.2) is 4.52 Å². The molecule has 0 aliphatic carbocycles. The lowest BCUT2D eigenvalue weighted by atomic mass is 10.1. The van der Waals surface area contributed by atoms with E-state index in [0.29, 0.717) is 12.5 Å². The van der Waals surface area contributed by atoms with E-state index in [4.69, 9.17) is 11.6 Å². The van der Waals surface area contributed by atoms with Crippen LogP contribution in [0.5, 0.6) is 0 Å². The number of fused-ring (bicyclic) bond motifs is 1. The third-order valence-electron chi connectivity index (χ3n) is 3.78. The van der Waals surface area contributed by atoms with Crippen LogP contribution in [-0.4, -0.2) is 14.6 Å². The maximum Gasteiger partial charge on any atom is 0.243 e. The molecule has 4 nitrogen and oxygen atoms in total. The molecule has 0 unspecified atom stereocenters.